The second-order valence-electron chi connectivity index (χ2n) is 6.23. The summed E-state index contributed by atoms with van der Waals surface area (Å²) in [7, 11) is 0. The molecule has 1 aliphatic heterocycles. The van der Waals surface area contributed by atoms with E-state index >= 15 is 0 Å². The van der Waals surface area contributed by atoms with Gasteiger partial charge in [0.05, 0.1) is 23.9 Å². The molecule has 2 aromatic carbocycles. The summed E-state index contributed by atoms with van der Waals surface area (Å²) in [5.41, 5.74) is 1.43. The lowest BCUT2D eigenvalue weighted by atomic mass is 10.2. The molecule has 1 atom stereocenters. The number of nitrogens with zero attached hydrogens (tertiary/aromatic N) is 2. The van der Waals surface area contributed by atoms with Crippen molar-refractivity contribution in [3.8, 4) is 17.6 Å². The quantitative estimate of drug-likeness (QED) is 0.773. The van der Waals surface area contributed by atoms with Crippen LogP contribution >= 0.6 is 11.8 Å². The second kappa shape index (κ2) is 8.83. The van der Waals surface area contributed by atoms with E-state index in [0.29, 0.717) is 35.5 Å². The largest absolute Gasteiger partial charge is 0.490 e. The summed E-state index contributed by atoms with van der Waals surface area (Å²) in [5.74, 6) is 0.851. The summed E-state index contributed by atoms with van der Waals surface area (Å²) >= 11 is 1.80. The Morgan fingerprint density at radius 3 is 2.85 bits per heavy atom. The monoisotopic (exact) mass is 382 g/mol. The standard InChI is InChI=1S/C21H22N2O3S/c1-3-25-19-12-16(13-22)8-9-18(19)26-14-21(24)23-11-10-15(2)27-20-7-5-4-6-17(20)23/h4-9,12,15H,3,10-11,14H2,1-2H3. The van der Waals surface area contributed by atoms with Gasteiger partial charge in [0, 0.05) is 22.8 Å². The zero-order valence-corrected chi connectivity index (χ0v) is 16.3. The average molecular weight is 382 g/mol. The number of carbonyl (C=O) groups is 1. The predicted molar refractivity (Wildman–Crippen MR) is 107 cm³/mol. The SMILES string of the molecule is CCOc1cc(C#N)ccc1OCC(=O)N1CCC(C)Sc2ccccc21. The highest BCUT2D eigenvalue weighted by Crippen LogP contribution is 2.37. The van der Waals surface area contributed by atoms with Gasteiger partial charge in [0.25, 0.3) is 5.91 Å². The molecule has 2 aromatic rings. The van der Waals surface area contributed by atoms with Gasteiger partial charge >= 0.3 is 0 Å². The molecule has 140 valence electrons. The Balaban J connectivity index is 1.76. The fourth-order valence-corrected chi connectivity index (χ4v) is 4.04. The molecule has 3 rings (SSSR count). The van der Waals surface area contributed by atoms with Crippen molar-refractivity contribution < 1.29 is 14.3 Å². The van der Waals surface area contributed by atoms with E-state index in [2.05, 4.69) is 19.1 Å². The number of hydrogen-bond donors (Lipinski definition) is 0. The summed E-state index contributed by atoms with van der Waals surface area (Å²) in [6.07, 6.45) is 0.923. The summed E-state index contributed by atoms with van der Waals surface area (Å²) in [6.45, 7) is 5.07. The Morgan fingerprint density at radius 2 is 2.07 bits per heavy atom. The van der Waals surface area contributed by atoms with Gasteiger partial charge < -0.3 is 14.4 Å². The molecule has 0 aromatic heterocycles. The maximum absolute atomic E-state index is 12.9. The number of benzene rings is 2. The molecular formula is C21H22N2O3S. The van der Waals surface area contributed by atoms with Crippen LogP contribution in [-0.4, -0.2) is 30.9 Å². The first-order valence-corrected chi connectivity index (χ1v) is 9.86. The zero-order chi connectivity index (χ0) is 19.2. The van der Waals surface area contributed by atoms with E-state index in [0.717, 1.165) is 17.0 Å². The molecule has 6 heteroatoms. The van der Waals surface area contributed by atoms with Crippen LogP contribution in [0.1, 0.15) is 25.8 Å². The van der Waals surface area contributed by atoms with Crippen molar-refractivity contribution in [2.45, 2.75) is 30.4 Å². The van der Waals surface area contributed by atoms with Crippen molar-refractivity contribution in [2.75, 3.05) is 24.7 Å². The van der Waals surface area contributed by atoms with Crippen molar-refractivity contribution >= 4 is 23.4 Å². The third kappa shape index (κ3) is 4.55. The molecule has 0 saturated carbocycles. The molecule has 0 spiro atoms. The van der Waals surface area contributed by atoms with Gasteiger partial charge in [0.1, 0.15) is 0 Å². The van der Waals surface area contributed by atoms with Crippen LogP contribution in [-0.2, 0) is 4.79 Å². The van der Waals surface area contributed by atoms with Crippen LogP contribution < -0.4 is 14.4 Å². The van der Waals surface area contributed by atoms with E-state index in [-0.39, 0.29) is 12.5 Å². The maximum atomic E-state index is 12.9. The third-order valence-electron chi connectivity index (χ3n) is 4.27. The molecule has 5 nitrogen and oxygen atoms in total. The number of nitriles is 1. The molecule has 0 bridgehead atoms. The van der Waals surface area contributed by atoms with Crippen LogP contribution in [0.15, 0.2) is 47.4 Å². The van der Waals surface area contributed by atoms with Crippen molar-refractivity contribution in [1.29, 1.82) is 5.26 Å². The first-order chi connectivity index (χ1) is 13.1. The number of amides is 1. The smallest absolute Gasteiger partial charge is 0.264 e. The molecule has 0 aliphatic carbocycles. The number of fused-ring (bicyclic) bond motifs is 1. The number of para-hydroxylation sites is 1. The van der Waals surface area contributed by atoms with Crippen LogP contribution in [0, 0.1) is 11.3 Å². The van der Waals surface area contributed by atoms with Gasteiger partial charge in [-0.3, -0.25) is 4.79 Å². The molecule has 0 radical (unpaired) electrons. The Bertz CT molecular complexity index is 863. The Hall–Kier alpha value is -2.65. The summed E-state index contributed by atoms with van der Waals surface area (Å²) in [4.78, 5) is 15.8. The number of anilines is 1. The van der Waals surface area contributed by atoms with E-state index in [4.69, 9.17) is 14.7 Å². The number of thioether (sulfide) groups is 1. The van der Waals surface area contributed by atoms with Gasteiger partial charge in [-0.05, 0) is 37.6 Å². The predicted octanol–water partition coefficient (Wildman–Crippen LogP) is 4.25. The lowest BCUT2D eigenvalue weighted by Gasteiger charge is -2.23. The first-order valence-electron chi connectivity index (χ1n) is 8.98. The highest BCUT2D eigenvalue weighted by atomic mass is 32.2. The maximum Gasteiger partial charge on any atom is 0.264 e. The van der Waals surface area contributed by atoms with Crippen LogP contribution in [0.3, 0.4) is 0 Å². The highest BCUT2D eigenvalue weighted by molar-refractivity contribution is 8.00. The Morgan fingerprint density at radius 1 is 1.26 bits per heavy atom. The fraction of sp³-hybridized carbons (Fsp3) is 0.333. The van der Waals surface area contributed by atoms with E-state index in [1.807, 2.05) is 25.1 Å². The minimum absolute atomic E-state index is 0.0840. The zero-order valence-electron chi connectivity index (χ0n) is 15.5. The molecule has 1 aliphatic rings. The van der Waals surface area contributed by atoms with Crippen molar-refractivity contribution in [3.05, 3.63) is 48.0 Å². The normalized spacial score (nSPS) is 16.0. The number of rotatable bonds is 5. The van der Waals surface area contributed by atoms with Crippen LogP contribution in [0.4, 0.5) is 5.69 Å². The Labute approximate surface area is 163 Å². The van der Waals surface area contributed by atoms with Gasteiger partial charge in [0.15, 0.2) is 18.1 Å². The topological polar surface area (TPSA) is 62.6 Å². The third-order valence-corrected chi connectivity index (χ3v) is 5.51. The van der Waals surface area contributed by atoms with Crippen LogP contribution in [0.2, 0.25) is 0 Å². The average Bonchev–Trinajstić information content (AvgIpc) is 2.85. The van der Waals surface area contributed by atoms with Crippen molar-refractivity contribution in [3.63, 3.8) is 0 Å². The minimum Gasteiger partial charge on any atom is -0.490 e. The van der Waals surface area contributed by atoms with E-state index in [9.17, 15) is 4.79 Å². The molecule has 0 N–H and O–H groups in total. The summed E-state index contributed by atoms with van der Waals surface area (Å²) < 4.78 is 11.3. The van der Waals surface area contributed by atoms with Crippen LogP contribution in [0.25, 0.3) is 0 Å². The second-order valence-corrected chi connectivity index (χ2v) is 7.71. The van der Waals surface area contributed by atoms with Gasteiger partial charge in [-0.15, -0.1) is 11.8 Å². The molecule has 1 amide bonds. The molecule has 27 heavy (non-hydrogen) atoms. The highest BCUT2D eigenvalue weighted by Gasteiger charge is 2.24. The van der Waals surface area contributed by atoms with Gasteiger partial charge in [-0.2, -0.15) is 5.26 Å². The van der Waals surface area contributed by atoms with Gasteiger partial charge in [0.2, 0.25) is 0 Å². The number of carbonyl (C=O) groups excluding carboxylic acids is 1. The number of hydrogen-bond acceptors (Lipinski definition) is 5. The first kappa shape index (κ1) is 19.1. The number of ether oxygens (including phenoxy) is 2. The summed E-state index contributed by atoms with van der Waals surface area (Å²) in [6, 6.07) is 15.0. The van der Waals surface area contributed by atoms with Crippen LogP contribution in [0.5, 0.6) is 11.5 Å². The molecular weight excluding hydrogens is 360 g/mol. The van der Waals surface area contributed by atoms with Gasteiger partial charge in [-0.25, -0.2) is 0 Å². The Kier molecular flexibility index (Phi) is 6.25. The molecule has 0 saturated heterocycles. The van der Waals surface area contributed by atoms with Gasteiger partial charge in [-0.1, -0.05) is 19.1 Å². The molecule has 0 fully saturated rings. The minimum atomic E-state index is -0.0936. The van der Waals surface area contributed by atoms with E-state index in [1.54, 1.807) is 34.9 Å². The van der Waals surface area contributed by atoms with Crippen molar-refractivity contribution in [2.24, 2.45) is 0 Å². The summed E-state index contributed by atoms with van der Waals surface area (Å²) in [5, 5.41) is 9.49. The van der Waals surface area contributed by atoms with E-state index < -0.39 is 0 Å². The lowest BCUT2D eigenvalue weighted by molar-refractivity contribution is -0.120. The van der Waals surface area contributed by atoms with E-state index in [1.165, 1.54) is 0 Å². The fourth-order valence-electron chi connectivity index (χ4n) is 2.93. The molecule has 1 unspecified atom stereocenters. The lowest BCUT2D eigenvalue weighted by Crippen LogP contribution is -2.36. The van der Waals surface area contributed by atoms with Crippen molar-refractivity contribution in [1.82, 2.24) is 0 Å². The molecule has 1 heterocycles.